The number of ether oxygens (including phenoxy) is 1. The molecule has 1 fully saturated rings. The van der Waals surface area contributed by atoms with Crippen LogP contribution in [0.15, 0.2) is 77.5 Å². The number of aliphatic imine (C=N–C) groups is 1. The molecule has 2 aromatic rings. The topological polar surface area (TPSA) is 55.7 Å². The Hall–Kier alpha value is -3.60. The first kappa shape index (κ1) is 29.9. The van der Waals surface area contributed by atoms with Gasteiger partial charge in [-0.2, -0.15) is 0 Å². The van der Waals surface area contributed by atoms with E-state index in [-0.39, 0.29) is 23.5 Å². The molecule has 5 heteroatoms. The van der Waals surface area contributed by atoms with E-state index in [1.807, 2.05) is 31.3 Å². The maximum absolute atomic E-state index is 13.4. The molecular weight excluding hydrogens is 525 g/mol. The minimum atomic E-state index is -1.35. The van der Waals surface area contributed by atoms with E-state index in [2.05, 4.69) is 37.3 Å². The monoisotopic (exact) mass is 567 g/mol. The van der Waals surface area contributed by atoms with Gasteiger partial charge in [-0.1, -0.05) is 68.3 Å². The van der Waals surface area contributed by atoms with Gasteiger partial charge in [-0.25, -0.2) is 4.39 Å². The van der Waals surface area contributed by atoms with Crippen LogP contribution in [0, 0.1) is 24.7 Å². The number of alkyl halides is 1. The van der Waals surface area contributed by atoms with Crippen molar-refractivity contribution in [3.05, 3.63) is 94.7 Å². The van der Waals surface area contributed by atoms with E-state index < -0.39 is 6.36 Å². The summed E-state index contributed by atoms with van der Waals surface area (Å²) in [6, 6.07) is 13.7. The first-order chi connectivity index (χ1) is 20.3. The predicted octanol–water partition coefficient (Wildman–Crippen LogP) is 8.98. The van der Waals surface area contributed by atoms with Crippen molar-refractivity contribution >= 4 is 22.9 Å². The Morgan fingerprint density at radius 2 is 1.76 bits per heavy atom. The van der Waals surface area contributed by atoms with Crippen LogP contribution in [0.5, 0.6) is 5.75 Å². The van der Waals surface area contributed by atoms with Gasteiger partial charge in [-0.15, -0.1) is 0 Å². The number of hydrogen-bond acceptors (Lipinski definition) is 4. The van der Waals surface area contributed by atoms with Crippen molar-refractivity contribution in [3.63, 3.8) is 0 Å². The zero-order valence-corrected chi connectivity index (χ0v) is 25.1. The van der Waals surface area contributed by atoms with Crippen molar-refractivity contribution in [1.82, 2.24) is 0 Å². The fourth-order valence-corrected chi connectivity index (χ4v) is 6.59. The number of halogens is 1. The number of carbonyl (C=O) groups is 2. The van der Waals surface area contributed by atoms with E-state index in [1.165, 1.54) is 12.5 Å². The largest absolute Gasteiger partial charge is 0.461 e. The highest BCUT2D eigenvalue weighted by Crippen LogP contribution is 2.37. The molecule has 1 aliphatic heterocycles. The summed E-state index contributed by atoms with van der Waals surface area (Å²) in [7, 11) is 0. The molecule has 2 aromatic carbocycles. The van der Waals surface area contributed by atoms with Gasteiger partial charge < -0.3 is 4.74 Å². The number of Topliss-reactive ketones (excluding diaryl/α,β-unsaturated/α-hetero) is 2. The Bertz CT molecular complexity index is 1420. The van der Waals surface area contributed by atoms with Gasteiger partial charge in [0.15, 0.2) is 5.78 Å². The van der Waals surface area contributed by atoms with Gasteiger partial charge in [0.05, 0.1) is 5.71 Å². The Morgan fingerprint density at radius 1 is 1.02 bits per heavy atom. The highest BCUT2D eigenvalue weighted by molar-refractivity contribution is 6.13. The van der Waals surface area contributed by atoms with Gasteiger partial charge in [-0.05, 0) is 85.4 Å². The standard InChI is InChI=1S/C37H42FNO3/c1-4-5-6-10-35(40)28-12-14-29(15-13-28)37(41)32-20-11-26(21-24(32)2)22-30-8-7-9-33-34(23-39-36(30)33)27-16-18-31(19-17-27)42-25(3)38/h7-9,11,16-21,23,25,28-29,33H,4-6,10,12-15,22H2,1-3H3. The van der Waals surface area contributed by atoms with Crippen molar-refractivity contribution < 1.29 is 18.7 Å². The third-order valence-corrected chi connectivity index (χ3v) is 8.92. The molecule has 4 nitrogen and oxygen atoms in total. The Labute approximate surface area is 249 Å². The predicted molar refractivity (Wildman–Crippen MR) is 168 cm³/mol. The van der Waals surface area contributed by atoms with Crippen molar-refractivity contribution in [1.29, 1.82) is 0 Å². The molecule has 2 aliphatic carbocycles. The van der Waals surface area contributed by atoms with Crippen LogP contribution in [0.4, 0.5) is 4.39 Å². The van der Waals surface area contributed by atoms with Crippen LogP contribution in [0.3, 0.4) is 0 Å². The van der Waals surface area contributed by atoms with E-state index in [4.69, 9.17) is 9.73 Å². The zero-order chi connectivity index (χ0) is 29.6. The van der Waals surface area contributed by atoms with Gasteiger partial charge >= 0.3 is 0 Å². The molecule has 0 radical (unpaired) electrons. The third kappa shape index (κ3) is 6.88. The maximum atomic E-state index is 13.4. The number of ketones is 2. The lowest BCUT2D eigenvalue weighted by Gasteiger charge is -2.27. The fourth-order valence-electron chi connectivity index (χ4n) is 6.59. The summed E-state index contributed by atoms with van der Waals surface area (Å²) in [5.74, 6) is 1.36. The molecule has 2 unspecified atom stereocenters. The summed E-state index contributed by atoms with van der Waals surface area (Å²) < 4.78 is 18.3. The molecule has 42 heavy (non-hydrogen) atoms. The minimum absolute atomic E-state index is 0.0135. The third-order valence-electron chi connectivity index (χ3n) is 8.92. The Balaban J connectivity index is 1.18. The molecule has 0 aromatic heterocycles. The lowest BCUT2D eigenvalue weighted by molar-refractivity contribution is -0.124. The average molecular weight is 568 g/mol. The quantitative estimate of drug-likeness (QED) is 0.190. The molecule has 0 bridgehead atoms. The van der Waals surface area contributed by atoms with Crippen LogP contribution in [0.2, 0.25) is 0 Å². The molecule has 1 saturated carbocycles. The van der Waals surface area contributed by atoms with Crippen LogP contribution in [-0.4, -0.2) is 23.6 Å². The molecule has 0 amide bonds. The number of benzene rings is 2. The Kier molecular flexibility index (Phi) is 9.66. The SMILES string of the molecule is CCCCCC(=O)C1CCC(C(=O)c2ccc(CC3=CC=CC4C(c5ccc(OC(C)F)cc5)=CN=C34)cc2C)CC1. The maximum Gasteiger partial charge on any atom is 0.235 e. The lowest BCUT2D eigenvalue weighted by atomic mass is 9.76. The van der Waals surface area contributed by atoms with Crippen LogP contribution in [-0.2, 0) is 11.2 Å². The summed E-state index contributed by atoms with van der Waals surface area (Å²) >= 11 is 0. The molecule has 3 aliphatic rings. The lowest BCUT2D eigenvalue weighted by Crippen LogP contribution is -2.26. The minimum Gasteiger partial charge on any atom is -0.461 e. The average Bonchev–Trinajstić information content (AvgIpc) is 3.42. The number of rotatable bonds is 12. The molecular formula is C37H42FNO3. The summed E-state index contributed by atoms with van der Waals surface area (Å²) in [4.78, 5) is 30.8. The highest BCUT2D eigenvalue weighted by Gasteiger charge is 2.31. The van der Waals surface area contributed by atoms with Crippen molar-refractivity contribution in [3.8, 4) is 5.75 Å². The van der Waals surface area contributed by atoms with Gasteiger partial charge in [0.1, 0.15) is 11.5 Å². The van der Waals surface area contributed by atoms with E-state index in [1.54, 1.807) is 12.1 Å². The summed E-state index contributed by atoms with van der Waals surface area (Å²) in [6.45, 7) is 5.55. The van der Waals surface area contributed by atoms with Crippen molar-refractivity contribution in [2.45, 2.75) is 84.9 Å². The number of fused-ring (bicyclic) bond motifs is 1. The second kappa shape index (κ2) is 13.6. The van der Waals surface area contributed by atoms with Crippen LogP contribution >= 0.6 is 0 Å². The van der Waals surface area contributed by atoms with Crippen LogP contribution < -0.4 is 4.74 Å². The number of carbonyl (C=O) groups excluding carboxylic acids is 2. The van der Waals surface area contributed by atoms with Crippen molar-refractivity contribution in [2.75, 3.05) is 0 Å². The van der Waals surface area contributed by atoms with Crippen molar-refractivity contribution in [2.24, 2.45) is 22.7 Å². The van der Waals surface area contributed by atoms with Gasteiger partial charge in [0.2, 0.25) is 6.36 Å². The van der Waals surface area contributed by atoms with Gasteiger partial charge in [0, 0.05) is 42.9 Å². The molecule has 0 spiro atoms. The second-order valence-electron chi connectivity index (χ2n) is 12.0. The molecule has 1 heterocycles. The van der Waals surface area contributed by atoms with E-state index >= 15 is 0 Å². The molecule has 220 valence electrons. The second-order valence-corrected chi connectivity index (χ2v) is 12.0. The molecule has 0 N–H and O–H groups in total. The number of hydrogen-bond donors (Lipinski definition) is 0. The summed E-state index contributed by atoms with van der Waals surface area (Å²) in [5, 5.41) is 0. The molecule has 0 saturated heterocycles. The number of allylic oxidation sites excluding steroid dienone is 5. The number of aryl methyl sites for hydroxylation is 1. The highest BCUT2D eigenvalue weighted by atomic mass is 19.1. The number of unbranched alkanes of at least 4 members (excludes halogenated alkanes) is 2. The Morgan fingerprint density at radius 3 is 2.45 bits per heavy atom. The van der Waals surface area contributed by atoms with Gasteiger partial charge in [0.25, 0.3) is 0 Å². The summed E-state index contributed by atoms with van der Waals surface area (Å²) in [5.41, 5.74) is 7.34. The number of nitrogens with zero attached hydrogens (tertiary/aromatic N) is 1. The van der Waals surface area contributed by atoms with Crippen LogP contribution in [0.25, 0.3) is 5.57 Å². The first-order valence-electron chi connectivity index (χ1n) is 15.6. The zero-order valence-electron chi connectivity index (χ0n) is 25.1. The van der Waals surface area contributed by atoms with E-state index in [0.29, 0.717) is 18.0 Å². The normalized spacial score (nSPS) is 22.1. The molecule has 2 atom stereocenters. The molecule has 5 rings (SSSR count). The van der Waals surface area contributed by atoms with E-state index in [0.717, 1.165) is 84.9 Å². The van der Waals surface area contributed by atoms with Gasteiger partial charge in [-0.3, -0.25) is 14.6 Å². The smallest absolute Gasteiger partial charge is 0.235 e. The first-order valence-corrected chi connectivity index (χ1v) is 15.6. The summed E-state index contributed by atoms with van der Waals surface area (Å²) in [6.07, 6.45) is 14.9. The van der Waals surface area contributed by atoms with Crippen LogP contribution in [0.1, 0.15) is 92.3 Å². The fraction of sp³-hybridized carbons (Fsp3) is 0.432. The van der Waals surface area contributed by atoms with E-state index in [9.17, 15) is 14.0 Å².